The first kappa shape index (κ1) is 19.5. The second kappa shape index (κ2) is 8.18. The molecule has 9 heteroatoms. The molecular weight excluding hydrogens is 380 g/mol. The molecule has 144 valence electrons. The SMILES string of the molecule is Cc1cc(C(=O)Nc2cc(C(=O)NC(C)C)ccc2Cl)ccc1-n1cnnn1. The van der Waals surface area contributed by atoms with Gasteiger partial charge in [-0.3, -0.25) is 9.59 Å². The Morgan fingerprint density at radius 3 is 2.43 bits per heavy atom. The molecule has 8 nitrogen and oxygen atoms in total. The molecule has 28 heavy (non-hydrogen) atoms. The molecule has 2 N–H and O–H groups in total. The van der Waals surface area contributed by atoms with Gasteiger partial charge in [0.25, 0.3) is 11.8 Å². The highest BCUT2D eigenvalue weighted by molar-refractivity contribution is 6.34. The topological polar surface area (TPSA) is 102 Å². The predicted molar refractivity (Wildman–Crippen MR) is 106 cm³/mol. The number of rotatable bonds is 5. The zero-order valence-electron chi connectivity index (χ0n) is 15.6. The summed E-state index contributed by atoms with van der Waals surface area (Å²) in [6, 6.07) is 9.91. The van der Waals surface area contributed by atoms with Crippen molar-refractivity contribution in [3.05, 3.63) is 64.4 Å². The Hall–Kier alpha value is -3.26. The first-order chi connectivity index (χ1) is 13.3. The molecule has 1 heterocycles. The Kier molecular flexibility index (Phi) is 5.70. The van der Waals surface area contributed by atoms with Crippen molar-refractivity contribution in [1.29, 1.82) is 0 Å². The highest BCUT2D eigenvalue weighted by atomic mass is 35.5. The molecule has 0 spiro atoms. The van der Waals surface area contributed by atoms with Gasteiger partial charge in [-0.15, -0.1) is 5.10 Å². The maximum atomic E-state index is 12.7. The summed E-state index contributed by atoms with van der Waals surface area (Å²) in [5.74, 6) is -0.571. The van der Waals surface area contributed by atoms with Gasteiger partial charge in [0.05, 0.1) is 16.4 Å². The lowest BCUT2D eigenvalue weighted by Gasteiger charge is -2.12. The minimum atomic E-state index is -0.338. The monoisotopic (exact) mass is 398 g/mol. The molecule has 0 radical (unpaired) electrons. The normalized spacial score (nSPS) is 10.8. The quantitative estimate of drug-likeness (QED) is 0.687. The highest BCUT2D eigenvalue weighted by Gasteiger charge is 2.14. The van der Waals surface area contributed by atoms with E-state index in [1.54, 1.807) is 36.4 Å². The van der Waals surface area contributed by atoms with E-state index in [1.807, 2.05) is 20.8 Å². The molecule has 0 unspecified atom stereocenters. The van der Waals surface area contributed by atoms with Crippen LogP contribution < -0.4 is 10.6 Å². The zero-order valence-corrected chi connectivity index (χ0v) is 16.4. The number of benzene rings is 2. The highest BCUT2D eigenvalue weighted by Crippen LogP contribution is 2.24. The molecule has 0 fully saturated rings. The summed E-state index contributed by atoms with van der Waals surface area (Å²) in [4.78, 5) is 24.8. The second-order valence-corrected chi connectivity index (χ2v) is 6.94. The lowest BCUT2D eigenvalue weighted by atomic mass is 10.1. The molecular formula is C19H19ClN6O2. The predicted octanol–water partition coefficient (Wildman–Crippen LogP) is 3.01. The lowest BCUT2D eigenvalue weighted by Crippen LogP contribution is -2.30. The lowest BCUT2D eigenvalue weighted by molar-refractivity contribution is 0.0942. The molecule has 0 aliphatic carbocycles. The van der Waals surface area contributed by atoms with Crippen LogP contribution in [0.3, 0.4) is 0 Å². The summed E-state index contributed by atoms with van der Waals surface area (Å²) in [6.07, 6.45) is 1.48. The number of nitrogens with zero attached hydrogens (tertiary/aromatic N) is 4. The number of tetrazole rings is 1. The Bertz CT molecular complexity index is 1020. The van der Waals surface area contributed by atoms with Crippen LogP contribution in [0.1, 0.15) is 40.1 Å². The van der Waals surface area contributed by atoms with Crippen molar-refractivity contribution in [3.63, 3.8) is 0 Å². The van der Waals surface area contributed by atoms with Crippen molar-refractivity contribution in [2.45, 2.75) is 26.8 Å². The smallest absolute Gasteiger partial charge is 0.255 e. The van der Waals surface area contributed by atoms with Crippen molar-refractivity contribution >= 4 is 29.1 Å². The maximum Gasteiger partial charge on any atom is 0.255 e. The minimum Gasteiger partial charge on any atom is -0.350 e. The molecule has 2 aromatic carbocycles. The van der Waals surface area contributed by atoms with Gasteiger partial charge < -0.3 is 10.6 Å². The van der Waals surface area contributed by atoms with E-state index in [0.29, 0.717) is 21.8 Å². The fraction of sp³-hybridized carbons (Fsp3) is 0.211. The standard InChI is InChI=1S/C19H19ClN6O2/c1-11(2)22-18(27)14-4-6-15(20)16(9-14)23-19(28)13-5-7-17(12(3)8-13)26-10-21-24-25-26/h4-11H,1-3H3,(H,22,27)(H,23,28). The van der Waals surface area contributed by atoms with E-state index in [4.69, 9.17) is 11.6 Å². The number of carbonyl (C=O) groups is 2. The van der Waals surface area contributed by atoms with E-state index in [-0.39, 0.29) is 17.9 Å². The number of halogens is 1. The van der Waals surface area contributed by atoms with Crippen molar-refractivity contribution in [1.82, 2.24) is 25.5 Å². The van der Waals surface area contributed by atoms with Crippen LogP contribution in [-0.4, -0.2) is 38.1 Å². The molecule has 0 bridgehead atoms. The second-order valence-electron chi connectivity index (χ2n) is 6.53. The van der Waals surface area contributed by atoms with Gasteiger partial charge in [0.1, 0.15) is 6.33 Å². The van der Waals surface area contributed by atoms with Crippen molar-refractivity contribution < 1.29 is 9.59 Å². The summed E-state index contributed by atoms with van der Waals surface area (Å²) in [7, 11) is 0. The number of carbonyl (C=O) groups excluding carboxylic acids is 2. The van der Waals surface area contributed by atoms with Gasteiger partial charge in [-0.25, -0.2) is 4.68 Å². The molecule has 0 saturated heterocycles. The van der Waals surface area contributed by atoms with Crippen LogP contribution in [0.15, 0.2) is 42.7 Å². The van der Waals surface area contributed by atoms with Crippen LogP contribution in [0.4, 0.5) is 5.69 Å². The Labute approximate surface area is 166 Å². The summed E-state index contributed by atoms with van der Waals surface area (Å²) < 4.78 is 1.52. The van der Waals surface area contributed by atoms with E-state index < -0.39 is 0 Å². The van der Waals surface area contributed by atoms with Crippen LogP contribution >= 0.6 is 11.6 Å². The molecule has 0 aliphatic rings. The van der Waals surface area contributed by atoms with Crippen LogP contribution in [-0.2, 0) is 0 Å². The summed E-state index contributed by atoms with van der Waals surface area (Å²) in [5, 5.41) is 17.0. The van der Waals surface area contributed by atoms with Gasteiger partial charge in [-0.05, 0) is 73.2 Å². The molecule has 1 aromatic heterocycles. The van der Waals surface area contributed by atoms with Crippen molar-refractivity contribution in [2.24, 2.45) is 0 Å². The van der Waals surface area contributed by atoms with E-state index in [9.17, 15) is 9.59 Å². The van der Waals surface area contributed by atoms with E-state index in [0.717, 1.165) is 11.3 Å². The molecule has 3 aromatic rings. The van der Waals surface area contributed by atoms with Gasteiger partial charge in [-0.2, -0.15) is 0 Å². The van der Waals surface area contributed by atoms with Crippen LogP contribution in [0.5, 0.6) is 0 Å². The fourth-order valence-electron chi connectivity index (χ4n) is 2.63. The zero-order chi connectivity index (χ0) is 20.3. The van der Waals surface area contributed by atoms with Gasteiger partial charge in [0.15, 0.2) is 0 Å². The maximum absolute atomic E-state index is 12.7. The van der Waals surface area contributed by atoms with E-state index in [2.05, 4.69) is 26.2 Å². The van der Waals surface area contributed by atoms with Crippen LogP contribution in [0, 0.1) is 6.92 Å². The Balaban J connectivity index is 1.81. The molecule has 3 rings (SSSR count). The third-order valence-electron chi connectivity index (χ3n) is 3.95. The van der Waals surface area contributed by atoms with E-state index >= 15 is 0 Å². The third kappa shape index (κ3) is 4.34. The first-order valence-electron chi connectivity index (χ1n) is 8.61. The van der Waals surface area contributed by atoms with Gasteiger partial charge in [0, 0.05) is 17.2 Å². The summed E-state index contributed by atoms with van der Waals surface area (Å²) in [5.41, 5.74) is 2.83. The summed E-state index contributed by atoms with van der Waals surface area (Å²) in [6.45, 7) is 5.60. The summed E-state index contributed by atoms with van der Waals surface area (Å²) >= 11 is 6.19. The van der Waals surface area contributed by atoms with Gasteiger partial charge >= 0.3 is 0 Å². The largest absolute Gasteiger partial charge is 0.350 e. The number of nitrogens with one attached hydrogen (secondary N) is 2. The average molecular weight is 399 g/mol. The average Bonchev–Trinajstić information content (AvgIpc) is 3.17. The number of aromatic nitrogens is 4. The number of hydrogen-bond acceptors (Lipinski definition) is 5. The Morgan fingerprint density at radius 1 is 1.07 bits per heavy atom. The minimum absolute atomic E-state index is 0.00268. The number of amides is 2. The molecule has 0 aliphatic heterocycles. The fourth-order valence-corrected chi connectivity index (χ4v) is 2.79. The number of anilines is 1. The molecule has 2 amide bonds. The first-order valence-corrected chi connectivity index (χ1v) is 8.98. The van der Waals surface area contributed by atoms with Gasteiger partial charge in [0.2, 0.25) is 0 Å². The Morgan fingerprint density at radius 2 is 1.79 bits per heavy atom. The van der Waals surface area contributed by atoms with Crippen LogP contribution in [0.25, 0.3) is 5.69 Å². The van der Waals surface area contributed by atoms with Crippen LogP contribution in [0.2, 0.25) is 5.02 Å². The van der Waals surface area contributed by atoms with Crippen molar-refractivity contribution in [3.8, 4) is 5.69 Å². The molecule has 0 atom stereocenters. The number of aryl methyl sites for hydroxylation is 1. The number of hydrogen-bond donors (Lipinski definition) is 2. The molecule has 0 saturated carbocycles. The van der Waals surface area contributed by atoms with Crippen molar-refractivity contribution in [2.75, 3.05) is 5.32 Å². The third-order valence-corrected chi connectivity index (χ3v) is 4.28. The van der Waals surface area contributed by atoms with E-state index in [1.165, 1.54) is 11.0 Å². The van der Waals surface area contributed by atoms with Gasteiger partial charge in [-0.1, -0.05) is 11.6 Å².